The molecule has 0 aliphatic carbocycles. The van der Waals surface area contributed by atoms with Gasteiger partial charge in [-0.05, 0) is 58.4 Å². The maximum atomic E-state index is 14.2. The lowest BCUT2D eigenvalue weighted by Crippen LogP contribution is -2.63. The molecule has 0 amide bonds. The molecule has 2 aliphatic heterocycles. The summed E-state index contributed by atoms with van der Waals surface area (Å²) in [6.45, 7) is 6.61. The van der Waals surface area contributed by atoms with Crippen LogP contribution < -0.4 is 14.9 Å². The van der Waals surface area contributed by atoms with Gasteiger partial charge in [-0.1, -0.05) is 11.6 Å². The largest absolute Gasteiger partial charge is 0.507 e. The van der Waals surface area contributed by atoms with Crippen LogP contribution in [0.1, 0.15) is 33.3 Å². The number of aliphatic hydroxyl groups is 5. The Morgan fingerprint density at radius 3 is 2.09 bits per heavy atom. The number of fused-ring (bicyclic) bond motifs is 1. The fourth-order valence-corrected chi connectivity index (χ4v) is 5.55. The summed E-state index contributed by atoms with van der Waals surface area (Å²) in [6, 6.07) is 7.43. The Kier molecular flexibility index (Phi) is 10.1. The van der Waals surface area contributed by atoms with Crippen molar-refractivity contribution in [3.63, 3.8) is 0 Å². The molecule has 10 atom stereocenters. The van der Waals surface area contributed by atoms with Crippen LogP contribution in [0.5, 0.6) is 23.0 Å². The Balaban J connectivity index is 1.65. The topological polar surface area (TPSA) is 218 Å². The molecule has 2 aromatic carbocycles. The lowest BCUT2D eigenvalue weighted by Gasteiger charge is -2.45. The second-order valence-electron chi connectivity index (χ2n) is 12.0. The standard InChI is InChI=1S/C33H40O14/c1-13(2)6-11-18-19(34)12-20(35)21-24(38)30(28(45-29(18)21)16-7-9-17(42-5)10-8-16)46-33-31(26(40)23(37)15(4)44-33)47-32-27(41)25(39)22(36)14(3)43-32/h6-10,12,14-15,22-23,25-27,31-37,39-41H,11H2,1-5H3/t14-,15-,22-,23-,25+,26+,27+,31+,32?,33-/m0/s1. The van der Waals surface area contributed by atoms with Crippen LogP contribution in [-0.4, -0.2) is 104 Å². The van der Waals surface area contributed by atoms with Crippen LogP contribution in [-0.2, 0) is 20.6 Å². The molecular formula is C33H40O14. The molecule has 1 aromatic heterocycles. The van der Waals surface area contributed by atoms with E-state index in [4.69, 9.17) is 28.1 Å². The Bertz CT molecular complexity index is 1660. The van der Waals surface area contributed by atoms with Crippen LogP contribution >= 0.6 is 0 Å². The summed E-state index contributed by atoms with van der Waals surface area (Å²) in [5.41, 5.74) is 0.546. The lowest BCUT2D eigenvalue weighted by atomic mass is 9.98. The van der Waals surface area contributed by atoms with E-state index in [2.05, 4.69) is 0 Å². The third-order valence-corrected chi connectivity index (χ3v) is 8.37. The molecule has 47 heavy (non-hydrogen) atoms. The van der Waals surface area contributed by atoms with Crippen LogP contribution in [0.2, 0.25) is 0 Å². The minimum absolute atomic E-state index is 0.0929. The van der Waals surface area contributed by atoms with Gasteiger partial charge in [-0.2, -0.15) is 0 Å². The maximum absolute atomic E-state index is 14.2. The summed E-state index contributed by atoms with van der Waals surface area (Å²) in [6.07, 6.45) is -13.0. The number of ether oxygens (including phenoxy) is 5. The van der Waals surface area contributed by atoms with Crippen LogP contribution in [0.4, 0.5) is 0 Å². The fourth-order valence-electron chi connectivity index (χ4n) is 5.55. The molecule has 3 heterocycles. The van der Waals surface area contributed by atoms with Gasteiger partial charge in [-0.15, -0.1) is 0 Å². The molecule has 2 aliphatic rings. The van der Waals surface area contributed by atoms with Gasteiger partial charge < -0.3 is 63.8 Å². The van der Waals surface area contributed by atoms with Crippen LogP contribution in [0, 0.1) is 0 Å². The van der Waals surface area contributed by atoms with Crippen molar-refractivity contribution in [3.05, 3.63) is 57.8 Å². The molecule has 2 fully saturated rings. The number of aliphatic hydroxyl groups excluding tert-OH is 5. The highest BCUT2D eigenvalue weighted by atomic mass is 16.8. The van der Waals surface area contributed by atoms with E-state index in [0.717, 1.165) is 11.6 Å². The number of methoxy groups -OCH3 is 1. The number of hydrogen-bond acceptors (Lipinski definition) is 14. The van der Waals surface area contributed by atoms with Crippen molar-refractivity contribution in [1.82, 2.24) is 0 Å². The van der Waals surface area contributed by atoms with Gasteiger partial charge in [0.05, 0.1) is 19.3 Å². The smallest absolute Gasteiger partial charge is 0.239 e. The highest BCUT2D eigenvalue weighted by Crippen LogP contribution is 2.41. The van der Waals surface area contributed by atoms with Gasteiger partial charge in [-0.3, -0.25) is 4.79 Å². The van der Waals surface area contributed by atoms with E-state index in [-0.39, 0.29) is 34.5 Å². The molecule has 5 rings (SSSR count). The van der Waals surface area contributed by atoms with Crippen molar-refractivity contribution in [2.45, 2.75) is 95.5 Å². The summed E-state index contributed by atoms with van der Waals surface area (Å²) in [5, 5.41) is 74.0. The molecule has 256 valence electrons. The molecule has 1 unspecified atom stereocenters. The molecule has 2 saturated heterocycles. The summed E-state index contributed by atoms with van der Waals surface area (Å²) in [7, 11) is 1.48. The summed E-state index contributed by atoms with van der Waals surface area (Å²) < 4.78 is 34.9. The predicted molar refractivity (Wildman–Crippen MR) is 165 cm³/mol. The SMILES string of the molecule is COc1ccc(-c2oc3c(CC=C(C)C)c(O)cc(O)c3c(=O)c2O[C@@H]2O[C@@H](C)[C@H](O)[C@@H](O)[C@H]2OC2O[C@@H](C)[C@H](O)[C@@H](O)[C@H]2O)cc1. The molecular weight excluding hydrogens is 620 g/mol. The highest BCUT2D eigenvalue weighted by Gasteiger charge is 2.50. The van der Waals surface area contributed by atoms with Crippen molar-refractivity contribution in [2.75, 3.05) is 7.11 Å². The zero-order valence-corrected chi connectivity index (χ0v) is 26.4. The Morgan fingerprint density at radius 1 is 0.851 bits per heavy atom. The maximum Gasteiger partial charge on any atom is 0.239 e. The van der Waals surface area contributed by atoms with E-state index in [9.17, 15) is 40.5 Å². The van der Waals surface area contributed by atoms with E-state index in [0.29, 0.717) is 11.3 Å². The van der Waals surface area contributed by atoms with Crippen LogP contribution in [0.15, 0.2) is 51.2 Å². The Morgan fingerprint density at radius 2 is 1.47 bits per heavy atom. The van der Waals surface area contributed by atoms with Gasteiger partial charge >= 0.3 is 0 Å². The molecule has 0 spiro atoms. The van der Waals surface area contributed by atoms with Crippen LogP contribution in [0.3, 0.4) is 0 Å². The second-order valence-corrected chi connectivity index (χ2v) is 12.0. The minimum Gasteiger partial charge on any atom is -0.507 e. The summed E-state index contributed by atoms with van der Waals surface area (Å²) in [4.78, 5) is 14.2. The lowest BCUT2D eigenvalue weighted by molar-refractivity contribution is -0.352. The Hall–Kier alpha value is -3.73. The molecule has 0 radical (unpaired) electrons. The quantitative estimate of drug-likeness (QED) is 0.170. The zero-order chi connectivity index (χ0) is 34.3. The average molecular weight is 661 g/mol. The molecule has 7 N–H and O–H groups in total. The first-order valence-corrected chi connectivity index (χ1v) is 15.1. The first kappa shape index (κ1) is 34.6. The van der Waals surface area contributed by atoms with Gasteiger partial charge in [0.1, 0.15) is 58.7 Å². The van der Waals surface area contributed by atoms with E-state index in [1.54, 1.807) is 24.3 Å². The third kappa shape index (κ3) is 6.68. The minimum atomic E-state index is -1.77. The van der Waals surface area contributed by atoms with Crippen molar-refractivity contribution in [3.8, 4) is 34.3 Å². The number of phenolic OH excluding ortho intramolecular Hbond substituents is 2. The molecule has 14 heteroatoms. The Labute approximate surface area is 269 Å². The fraction of sp³-hybridized carbons (Fsp3) is 0.485. The third-order valence-electron chi connectivity index (χ3n) is 8.37. The van der Waals surface area contributed by atoms with Crippen molar-refractivity contribution in [2.24, 2.45) is 0 Å². The van der Waals surface area contributed by atoms with Crippen LogP contribution in [0.25, 0.3) is 22.3 Å². The van der Waals surface area contributed by atoms with E-state index < -0.39 is 78.3 Å². The average Bonchev–Trinajstić information content (AvgIpc) is 3.03. The predicted octanol–water partition coefficient (Wildman–Crippen LogP) is 1.45. The highest BCUT2D eigenvalue weighted by molar-refractivity contribution is 5.91. The number of aromatic hydroxyl groups is 2. The van der Waals surface area contributed by atoms with Gasteiger partial charge in [0.15, 0.2) is 18.2 Å². The molecule has 14 nitrogen and oxygen atoms in total. The summed E-state index contributed by atoms with van der Waals surface area (Å²) >= 11 is 0. The number of hydrogen-bond donors (Lipinski definition) is 7. The van der Waals surface area contributed by atoms with Gasteiger partial charge in [0.2, 0.25) is 17.5 Å². The molecule has 0 saturated carbocycles. The van der Waals surface area contributed by atoms with Crippen molar-refractivity contribution < 1.29 is 63.8 Å². The number of phenols is 2. The number of allylic oxidation sites excluding steroid dienone is 2. The normalized spacial score (nSPS) is 31.0. The van der Waals surface area contributed by atoms with E-state index in [1.807, 2.05) is 19.9 Å². The van der Waals surface area contributed by atoms with E-state index >= 15 is 0 Å². The van der Waals surface area contributed by atoms with Gasteiger partial charge in [-0.25, -0.2) is 0 Å². The number of benzene rings is 2. The van der Waals surface area contributed by atoms with Gasteiger partial charge in [0, 0.05) is 17.2 Å². The van der Waals surface area contributed by atoms with Crippen molar-refractivity contribution in [1.29, 1.82) is 0 Å². The van der Waals surface area contributed by atoms with Crippen molar-refractivity contribution >= 4 is 11.0 Å². The molecule has 0 bridgehead atoms. The van der Waals surface area contributed by atoms with Gasteiger partial charge in [0.25, 0.3) is 0 Å². The first-order valence-electron chi connectivity index (χ1n) is 15.1. The molecule has 3 aromatic rings. The number of rotatable bonds is 8. The second kappa shape index (κ2) is 13.8. The zero-order valence-electron chi connectivity index (χ0n) is 26.4. The monoisotopic (exact) mass is 660 g/mol. The first-order chi connectivity index (χ1) is 22.2. The van der Waals surface area contributed by atoms with E-state index in [1.165, 1.54) is 21.0 Å². The summed E-state index contributed by atoms with van der Waals surface area (Å²) in [5.74, 6) is -0.987.